The predicted molar refractivity (Wildman–Crippen MR) is 125 cm³/mol. The molecule has 176 valence electrons. The third-order valence-electron chi connectivity index (χ3n) is 6.15. The van der Waals surface area contributed by atoms with Gasteiger partial charge >= 0.3 is 7.82 Å². The van der Waals surface area contributed by atoms with Gasteiger partial charge in [0.25, 0.3) is 0 Å². The zero-order valence-corrected chi connectivity index (χ0v) is 21.3. The summed E-state index contributed by atoms with van der Waals surface area (Å²) in [5.74, 6) is 1.87. The van der Waals surface area contributed by atoms with Crippen LogP contribution in [0.3, 0.4) is 0 Å². The van der Waals surface area contributed by atoms with E-state index in [1.807, 2.05) is 0 Å². The lowest BCUT2D eigenvalue weighted by Gasteiger charge is -2.22. The number of phosphoric acid groups is 1. The molecule has 0 saturated carbocycles. The summed E-state index contributed by atoms with van der Waals surface area (Å²) in [6.45, 7) is 14.6. The number of rotatable bonds is 21. The summed E-state index contributed by atoms with van der Waals surface area (Å²) in [7, 11) is -3.48. The van der Waals surface area contributed by atoms with Gasteiger partial charge in [-0.3, -0.25) is 13.6 Å². The van der Waals surface area contributed by atoms with Crippen molar-refractivity contribution in [2.24, 2.45) is 17.8 Å². The summed E-state index contributed by atoms with van der Waals surface area (Å²) in [6, 6.07) is 0. The smallest absolute Gasteiger partial charge is 0.287 e. The van der Waals surface area contributed by atoms with Crippen LogP contribution in [-0.2, 0) is 18.1 Å². The second-order valence-electron chi connectivity index (χ2n) is 8.50. The minimum Gasteiger partial charge on any atom is -0.287 e. The molecule has 0 radical (unpaired) electrons. The van der Waals surface area contributed by atoms with Crippen LogP contribution in [0.25, 0.3) is 0 Å². The van der Waals surface area contributed by atoms with Gasteiger partial charge in [-0.15, -0.1) is 0 Å². The SMILES string of the molecule is CCCC(CC)CCOP(=O)(OCCC(CC)CCC)OCCC(CC)CCC. The Balaban J connectivity index is 4.67. The minimum absolute atomic E-state index is 0.452. The topological polar surface area (TPSA) is 44.8 Å². The highest BCUT2D eigenvalue weighted by Crippen LogP contribution is 2.50. The molecule has 3 atom stereocenters. The molecule has 0 fully saturated rings. The van der Waals surface area contributed by atoms with Gasteiger partial charge in [0.1, 0.15) is 0 Å². The van der Waals surface area contributed by atoms with Crippen molar-refractivity contribution in [2.75, 3.05) is 19.8 Å². The second-order valence-corrected chi connectivity index (χ2v) is 10.2. The van der Waals surface area contributed by atoms with Crippen molar-refractivity contribution in [3.63, 3.8) is 0 Å². The molecule has 0 heterocycles. The molecule has 4 nitrogen and oxygen atoms in total. The summed E-state index contributed by atoms with van der Waals surface area (Å²) in [4.78, 5) is 0. The molecule has 0 aromatic heterocycles. The molecule has 0 rings (SSSR count). The molecule has 0 saturated heterocycles. The van der Waals surface area contributed by atoms with Crippen LogP contribution in [0.5, 0.6) is 0 Å². The highest BCUT2D eigenvalue weighted by Gasteiger charge is 2.27. The zero-order valence-electron chi connectivity index (χ0n) is 20.4. The fraction of sp³-hybridized carbons (Fsp3) is 1.00. The van der Waals surface area contributed by atoms with Crippen LogP contribution in [0, 0.1) is 17.8 Å². The maximum atomic E-state index is 13.2. The normalized spacial score (nSPS) is 17.0. The van der Waals surface area contributed by atoms with Crippen molar-refractivity contribution >= 4 is 7.82 Å². The Hall–Kier alpha value is 0.110. The Morgan fingerprint density at radius 2 is 0.793 bits per heavy atom. The van der Waals surface area contributed by atoms with Crippen molar-refractivity contribution in [1.82, 2.24) is 0 Å². The summed E-state index contributed by atoms with van der Waals surface area (Å²) >= 11 is 0. The van der Waals surface area contributed by atoms with E-state index in [1.54, 1.807) is 0 Å². The first-order valence-electron chi connectivity index (χ1n) is 12.5. The van der Waals surface area contributed by atoms with E-state index in [0.29, 0.717) is 37.6 Å². The summed E-state index contributed by atoms with van der Waals surface area (Å²) in [5, 5.41) is 0. The van der Waals surface area contributed by atoms with Crippen LogP contribution < -0.4 is 0 Å². The third-order valence-corrected chi connectivity index (χ3v) is 7.65. The van der Waals surface area contributed by atoms with E-state index in [-0.39, 0.29) is 0 Å². The molecular formula is C24H51O4P. The van der Waals surface area contributed by atoms with Crippen molar-refractivity contribution in [2.45, 2.75) is 119 Å². The Morgan fingerprint density at radius 1 is 0.517 bits per heavy atom. The van der Waals surface area contributed by atoms with Crippen molar-refractivity contribution in [1.29, 1.82) is 0 Å². The molecule has 5 heteroatoms. The van der Waals surface area contributed by atoms with Crippen molar-refractivity contribution in [3.8, 4) is 0 Å². The number of hydrogen-bond donors (Lipinski definition) is 0. The first-order valence-corrected chi connectivity index (χ1v) is 14.0. The van der Waals surface area contributed by atoms with Gasteiger partial charge in [0.2, 0.25) is 0 Å². The lowest BCUT2D eigenvalue weighted by atomic mass is 9.98. The van der Waals surface area contributed by atoms with E-state index in [2.05, 4.69) is 41.5 Å². The third kappa shape index (κ3) is 14.7. The van der Waals surface area contributed by atoms with Crippen molar-refractivity contribution < 1.29 is 18.1 Å². The number of phosphoric ester groups is 1. The fourth-order valence-electron chi connectivity index (χ4n) is 3.99. The van der Waals surface area contributed by atoms with E-state index in [0.717, 1.165) is 38.5 Å². The van der Waals surface area contributed by atoms with Gasteiger partial charge in [0.15, 0.2) is 0 Å². The molecule has 0 aliphatic heterocycles. The molecule has 29 heavy (non-hydrogen) atoms. The van der Waals surface area contributed by atoms with E-state index in [9.17, 15) is 4.57 Å². The van der Waals surface area contributed by atoms with Crippen LogP contribution in [-0.4, -0.2) is 19.8 Å². The van der Waals surface area contributed by atoms with Crippen LogP contribution in [0.4, 0.5) is 0 Å². The van der Waals surface area contributed by atoms with E-state index < -0.39 is 7.82 Å². The van der Waals surface area contributed by atoms with Gasteiger partial charge in [-0.25, -0.2) is 4.57 Å². The highest BCUT2D eigenvalue weighted by molar-refractivity contribution is 7.48. The Bertz CT molecular complexity index is 345. The molecular weight excluding hydrogens is 383 g/mol. The largest absolute Gasteiger partial charge is 0.474 e. The van der Waals surface area contributed by atoms with Gasteiger partial charge < -0.3 is 0 Å². The van der Waals surface area contributed by atoms with Gasteiger partial charge in [0.05, 0.1) is 19.8 Å². The van der Waals surface area contributed by atoms with E-state index in [1.165, 1.54) is 38.5 Å². The van der Waals surface area contributed by atoms with Gasteiger partial charge in [-0.2, -0.15) is 0 Å². The maximum absolute atomic E-state index is 13.2. The lowest BCUT2D eigenvalue weighted by molar-refractivity contribution is 0.0971. The van der Waals surface area contributed by atoms with Gasteiger partial charge in [0, 0.05) is 0 Å². The standard InChI is InChI=1S/C24H51O4P/c1-7-13-22(10-4)16-19-26-29(25,27-20-17-23(11-5)14-8-2)28-21-18-24(12-6)15-9-3/h22-24H,7-21H2,1-6H3. The number of hydrogen-bond acceptors (Lipinski definition) is 4. The Morgan fingerprint density at radius 3 is 1.00 bits per heavy atom. The first-order chi connectivity index (χ1) is 14.0. The molecule has 0 spiro atoms. The van der Waals surface area contributed by atoms with Crippen LogP contribution in [0.2, 0.25) is 0 Å². The van der Waals surface area contributed by atoms with Gasteiger partial charge in [-0.05, 0) is 37.0 Å². The predicted octanol–water partition coefficient (Wildman–Crippen LogP) is 8.79. The Kier molecular flexibility index (Phi) is 18.9. The minimum atomic E-state index is -3.48. The quantitative estimate of drug-likeness (QED) is 0.169. The molecule has 3 unspecified atom stereocenters. The molecule has 0 aliphatic carbocycles. The van der Waals surface area contributed by atoms with Crippen LogP contribution in [0.15, 0.2) is 0 Å². The van der Waals surface area contributed by atoms with Crippen molar-refractivity contribution in [3.05, 3.63) is 0 Å². The summed E-state index contributed by atoms with van der Waals surface area (Å²) in [6.07, 6.45) is 13.3. The molecule has 0 aromatic carbocycles. The summed E-state index contributed by atoms with van der Waals surface area (Å²) in [5.41, 5.74) is 0. The fourth-order valence-corrected chi connectivity index (χ4v) is 5.20. The van der Waals surface area contributed by atoms with Crippen LogP contribution in [0.1, 0.15) is 119 Å². The monoisotopic (exact) mass is 434 g/mol. The van der Waals surface area contributed by atoms with E-state index >= 15 is 0 Å². The van der Waals surface area contributed by atoms with E-state index in [4.69, 9.17) is 13.6 Å². The molecule has 0 aromatic rings. The average molecular weight is 435 g/mol. The Labute approximate surface area is 182 Å². The first kappa shape index (κ1) is 29.1. The lowest BCUT2D eigenvalue weighted by Crippen LogP contribution is -2.10. The second kappa shape index (κ2) is 18.8. The maximum Gasteiger partial charge on any atom is 0.474 e. The zero-order chi connectivity index (χ0) is 22.0. The average Bonchev–Trinajstić information content (AvgIpc) is 2.71. The molecule has 0 aliphatic rings. The highest BCUT2D eigenvalue weighted by atomic mass is 31.2. The molecule has 0 N–H and O–H groups in total. The van der Waals surface area contributed by atoms with Crippen LogP contribution >= 0.6 is 7.82 Å². The molecule has 0 bridgehead atoms. The van der Waals surface area contributed by atoms with Gasteiger partial charge in [-0.1, -0.05) is 99.3 Å². The summed E-state index contributed by atoms with van der Waals surface area (Å²) < 4.78 is 30.5. The molecule has 0 amide bonds.